The molecular weight excluding hydrogens is 195 g/mol. The lowest BCUT2D eigenvalue weighted by Gasteiger charge is -2.17. The maximum Gasteiger partial charge on any atom is 0.417 e. The molecule has 76 valence electrons. The van der Waals surface area contributed by atoms with Crippen LogP contribution in [0.25, 0.3) is 0 Å². The number of nitrogens with one attached hydrogen (secondary N) is 1. The number of nitrogens with two attached hydrogens (primary N) is 1. The third-order valence-electron chi connectivity index (χ3n) is 1.91. The van der Waals surface area contributed by atoms with Gasteiger partial charge in [-0.3, -0.25) is 5.84 Å². The fourth-order valence-electron chi connectivity index (χ4n) is 1.21. The number of alkyl halides is 3. The fourth-order valence-corrected chi connectivity index (χ4v) is 1.21. The number of nitrogens with zero attached hydrogens (tertiary/aromatic N) is 1. The van der Waals surface area contributed by atoms with Gasteiger partial charge in [0.05, 0.1) is 11.6 Å². The Morgan fingerprint density at radius 1 is 1.43 bits per heavy atom. The van der Waals surface area contributed by atoms with E-state index in [-0.39, 0.29) is 17.7 Å². The third kappa shape index (κ3) is 2.06. The van der Waals surface area contributed by atoms with E-state index in [9.17, 15) is 13.2 Å². The molecule has 0 saturated carbocycles. The van der Waals surface area contributed by atoms with E-state index < -0.39 is 11.7 Å². The summed E-state index contributed by atoms with van der Waals surface area (Å²) in [6, 6.07) is 1.55. The summed E-state index contributed by atoms with van der Waals surface area (Å²) in [5.41, 5.74) is 1.31. The summed E-state index contributed by atoms with van der Waals surface area (Å²) >= 11 is 0. The number of hydrazine groups is 1. The number of hydrogen-bond acceptors (Lipinski definition) is 3. The van der Waals surface area contributed by atoms with Crippen molar-refractivity contribution >= 4 is 0 Å². The number of rotatable bonds is 1. The van der Waals surface area contributed by atoms with Crippen LogP contribution in [0.5, 0.6) is 0 Å². The maximum absolute atomic E-state index is 12.4. The molecule has 3 nitrogen and oxygen atoms in total. The Kier molecular flexibility index (Phi) is 2.81. The van der Waals surface area contributed by atoms with Gasteiger partial charge in [0.2, 0.25) is 0 Å². The van der Waals surface area contributed by atoms with Crippen LogP contribution in [0, 0.1) is 11.3 Å². The molecular formula is C8H8F3N3. The van der Waals surface area contributed by atoms with Crippen molar-refractivity contribution < 1.29 is 13.2 Å². The van der Waals surface area contributed by atoms with Crippen LogP contribution in [0.2, 0.25) is 0 Å². The van der Waals surface area contributed by atoms with Gasteiger partial charge < -0.3 is 5.43 Å². The molecule has 0 heterocycles. The fraction of sp³-hybridized carbons (Fsp3) is 0.375. The first-order valence-corrected chi connectivity index (χ1v) is 3.86. The molecule has 3 N–H and O–H groups in total. The second-order valence-electron chi connectivity index (χ2n) is 2.82. The van der Waals surface area contributed by atoms with E-state index in [2.05, 4.69) is 5.43 Å². The average molecular weight is 203 g/mol. The normalized spacial score (nSPS) is 17.5. The van der Waals surface area contributed by atoms with Gasteiger partial charge in [-0.15, -0.1) is 0 Å². The molecule has 0 unspecified atom stereocenters. The molecule has 0 atom stereocenters. The minimum absolute atomic E-state index is 0.0708. The van der Waals surface area contributed by atoms with Gasteiger partial charge in [-0.1, -0.05) is 0 Å². The zero-order valence-electron chi connectivity index (χ0n) is 7.15. The zero-order chi connectivity index (χ0) is 10.8. The van der Waals surface area contributed by atoms with E-state index in [1.54, 1.807) is 6.07 Å². The van der Waals surface area contributed by atoms with E-state index in [4.69, 9.17) is 11.1 Å². The van der Waals surface area contributed by atoms with Crippen LogP contribution < -0.4 is 11.3 Å². The molecule has 0 aromatic carbocycles. The van der Waals surface area contributed by atoms with Crippen LogP contribution in [0.4, 0.5) is 13.2 Å². The largest absolute Gasteiger partial charge is 0.417 e. The Labute approximate surface area is 78.7 Å². The molecule has 1 aliphatic carbocycles. The second-order valence-corrected chi connectivity index (χ2v) is 2.82. The lowest BCUT2D eigenvalue weighted by molar-refractivity contribution is -0.0892. The van der Waals surface area contributed by atoms with Crippen molar-refractivity contribution in [2.24, 2.45) is 5.84 Å². The summed E-state index contributed by atoms with van der Waals surface area (Å²) in [7, 11) is 0. The van der Waals surface area contributed by atoms with E-state index in [0.29, 0.717) is 6.42 Å². The van der Waals surface area contributed by atoms with Gasteiger partial charge in [-0.2, -0.15) is 18.4 Å². The quantitative estimate of drug-likeness (QED) is 0.501. The van der Waals surface area contributed by atoms with Crippen molar-refractivity contribution in [3.05, 3.63) is 22.9 Å². The highest BCUT2D eigenvalue weighted by Crippen LogP contribution is 2.34. The number of nitriles is 1. The minimum atomic E-state index is -4.49. The Morgan fingerprint density at radius 3 is 2.50 bits per heavy atom. The summed E-state index contributed by atoms with van der Waals surface area (Å²) < 4.78 is 37.1. The van der Waals surface area contributed by atoms with Crippen molar-refractivity contribution in [2.75, 3.05) is 0 Å². The Bertz CT molecular complexity index is 333. The van der Waals surface area contributed by atoms with E-state index in [1.807, 2.05) is 0 Å². The molecule has 0 spiro atoms. The van der Waals surface area contributed by atoms with Crippen LogP contribution in [0.1, 0.15) is 12.8 Å². The van der Waals surface area contributed by atoms with Crippen LogP contribution in [0.15, 0.2) is 22.9 Å². The maximum atomic E-state index is 12.4. The molecule has 0 fully saturated rings. The smallest absolute Gasteiger partial charge is 0.328 e. The van der Waals surface area contributed by atoms with Crippen molar-refractivity contribution in [3.63, 3.8) is 0 Å². The van der Waals surface area contributed by atoms with Crippen LogP contribution in [0.3, 0.4) is 0 Å². The molecule has 0 saturated heterocycles. The van der Waals surface area contributed by atoms with E-state index in [0.717, 1.165) is 6.08 Å². The molecule has 0 aromatic rings. The van der Waals surface area contributed by atoms with E-state index >= 15 is 0 Å². The van der Waals surface area contributed by atoms with Crippen molar-refractivity contribution in [3.8, 4) is 6.07 Å². The first-order valence-electron chi connectivity index (χ1n) is 3.86. The highest BCUT2D eigenvalue weighted by Gasteiger charge is 2.36. The van der Waals surface area contributed by atoms with Crippen LogP contribution >= 0.6 is 0 Å². The summed E-state index contributed by atoms with van der Waals surface area (Å²) in [6.07, 6.45) is -3.21. The highest BCUT2D eigenvalue weighted by molar-refractivity contribution is 5.42. The van der Waals surface area contributed by atoms with Crippen molar-refractivity contribution in [1.29, 1.82) is 5.26 Å². The SMILES string of the molecule is N#CC1=C(C(F)(F)F)C=C(NN)CC1. The average Bonchev–Trinajstić information content (AvgIpc) is 2.15. The zero-order valence-corrected chi connectivity index (χ0v) is 7.15. The lowest BCUT2D eigenvalue weighted by atomic mass is 9.96. The van der Waals surface area contributed by atoms with E-state index in [1.165, 1.54) is 0 Å². The molecule has 0 amide bonds. The molecule has 0 aromatic heterocycles. The van der Waals surface area contributed by atoms with Gasteiger partial charge in [-0.25, -0.2) is 0 Å². The van der Waals surface area contributed by atoms with Crippen LogP contribution in [-0.4, -0.2) is 6.18 Å². The van der Waals surface area contributed by atoms with Gasteiger partial charge >= 0.3 is 6.18 Å². The Balaban J connectivity index is 3.13. The number of allylic oxidation sites excluding steroid dienone is 4. The van der Waals surface area contributed by atoms with Gasteiger partial charge in [0.15, 0.2) is 0 Å². The number of hydrogen-bond donors (Lipinski definition) is 2. The molecule has 0 bridgehead atoms. The summed E-state index contributed by atoms with van der Waals surface area (Å²) in [5, 5.41) is 8.49. The first-order chi connectivity index (χ1) is 6.49. The first kappa shape index (κ1) is 10.6. The third-order valence-corrected chi connectivity index (χ3v) is 1.91. The monoisotopic (exact) mass is 203 g/mol. The topological polar surface area (TPSA) is 61.8 Å². The van der Waals surface area contributed by atoms with Crippen molar-refractivity contribution in [1.82, 2.24) is 5.43 Å². The van der Waals surface area contributed by atoms with Gasteiger partial charge in [-0.05, 0) is 18.9 Å². The standard InChI is InChI=1S/C8H8F3N3/c9-8(10,11)7-3-6(14-13)2-1-5(7)4-12/h3,14H,1-2,13H2. The number of halogens is 3. The molecule has 0 radical (unpaired) electrons. The molecule has 0 aliphatic heterocycles. The van der Waals surface area contributed by atoms with Crippen molar-refractivity contribution in [2.45, 2.75) is 19.0 Å². The predicted octanol–water partition coefficient (Wildman–Crippen LogP) is 1.51. The molecule has 1 rings (SSSR count). The molecule has 14 heavy (non-hydrogen) atoms. The summed E-state index contributed by atoms with van der Waals surface area (Å²) in [4.78, 5) is 0. The minimum Gasteiger partial charge on any atom is -0.328 e. The van der Waals surface area contributed by atoms with Gasteiger partial charge in [0, 0.05) is 11.3 Å². The summed E-state index contributed by atoms with van der Waals surface area (Å²) in [5.74, 6) is 5.00. The lowest BCUT2D eigenvalue weighted by Crippen LogP contribution is -2.25. The molecule has 6 heteroatoms. The predicted molar refractivity (Wildman–Crippen MR) is 43.3 cm³/mol. The van der Waals surface area contributed by atoms with Gasteiger partial charge in [0.1, 0.15) is 0 Å². The second kappa shape index (κ2) is 3.72. The Morgan fingerprint density at radius 2 is 2.07 bits per heavy atom. The molecule has 1 aliphatic rings. The summed E-state index contributed by atoms with van der Waals surface area (Å²) in [6.45, 7) is 0. The Hall–Kier alpha value is -1.48. The van der Waals surface area contributed by atoms with Gasteiger partial charge in [0.25, 0.3) is 0 Å². The van der Waals surface area contributed by atoms with Crippen LogP contribution in [-0.2, 0) is 0 Å². The highest BCUT2D eigenvalue weighted by atomic mass is 19.4.